The molecular weight excluding hydrogens is 196 g/mol. The minimum absolute atomic E-state index is 0.178. The molecular formula is C10H12N2OS. The van der Waals surface area contributed by atoms with E-state index in [1.165, 1.54) is 4.70 Å². The number of likely N-dealkylation sites (N-methyl/N-ethyl adjacent to an activating group) is 1. The second-order valence-corrected chi connectivity index (χ2v) is 4.04. The van der Waals surface area contributed by atoms with Crippen LogP contribution >= 0.6 is 11.3 Å². The van der Waals surface area contributed by atoms with Crippen molar-refractivity contribution in [1.82, 2.24) is 4.98 Å². The smallest absolute Gasteiger partial charge is 0.0813 e. The third-order valence-corrected chi connectivity index (χ3v) is 2.98. The van der Waals surface area contributed by atoms with Crippen molar-refractivity contribution < 1.29 is 5.11 Å². The van der Waals surface area contributed by atoms with Gasteiger partial charge in [0.2, 0.25) is 0 Å². The number of aliphatic hydroxyl groups excluding tert-OH is 1. The van der Waals surface area contributed by atoms with Gasteiger partial charge in [-0.3, -0.25) is 0 Å². The van der Waals surface area contributed by atoms with Crippen molar-refractivity contribution in [3.8, 4) is 0 Å². The SMILES string of the molecule is CN(CCO)c1ccc2ncsc2c1. The highest BCUT2D eigenvalue weighted by atomic mass is 32.1. The van der Waals surface area contributed by atoms with Gasteiger partial charge >= 0.3 is 0 Å². The van der Waals surface area contributed by atoms with Gasteiger partial charge in [-0.1, -0.05) is 0 Å². The molecule has 14 heavy (non-hydrogen) atoms. The molecule has 0 atom stereocenters. The Balaban J connectivity index is 2.33. The highest BCUT2D eigenvalue weighted by Crippen LogP contribution is 2.23. The molecule has 0 spiro atoms. The Morgan fingerprint density at radius 3 is 3.14 bits per heavy atom. The standard InChI is InChI=1S/C10H12N2OS/c1-12(4-5-13)8-2-3-9-10(6-8)14-7-11-9/h2-3,6-7,13H,4-5H2,1H3. The second-order valence-electron chi connectivity index (χ2n) is 3.15. The molecule has 3 nitrogen and oxygen atoms in total. The summed E-state index contributed by atoms with van der Waals surface area (Å²) in [4.78, 5) is 6.24. The normalized spacial score (nSPS) is 10.7. The number of hydrogen-bond donors (Lipinski definition) is 1. The zero-order valence-corrected chi connectivity index (χ0v) is 8.79. The molecule has 0 radical (unpaired) electrons. The van der Waals surface area contributed by atoms with E-state index >= 15 is 0 Å². The molecule has 0 saturated heterocycles. The molecule has 0 fully saturated rings. The summed E-state index contributed by atoms with van der Waals surface area (Å²) in [7, 11) is 1.97. The van der Waals surface area contributed by atoms with Gasteiger partial charge in [-0.15, -0.1) is 11.3 Å². The van der Waals surface area contributed by atoms with Crippen molar-refractivity contribution in [2.24, 2.45) is 0 Å². The van der Waals surface area contributed by atoms with E-state index in [2.05, 4.69) is 11.1 Å². The van der Waals surface area contributed by atoms with Crippen LogP contribution in [0.4, 0.5) is 5.69 Å². The van der Waals surface area contributed by atoms with E-state index in [0.29, 0.717) is 6.54 Å². The fraction of sp³-hybridized carbons (Fsp3) is 0.300. The largest absolute Gasteiger partial charge is 0.395 e. The Kier molecular flexibility index (Phi) is 2.65. The van der Waals surface area contributed by atoms with Crippen LogP contribution in [0, 0.1) is 0 Å². The Morgan fingerprint density at radius 1 is 1.50 bits per heavy atom. The Labute approximate surface area is 86.6 Å². The lowest BCUT2D eigenvalue weighted by atomic mass is 10.3. The van der Waals surface area contributed by atoms with Crippen LogP contribution in [0.3, 0.4) is 0 Å². The topological polar surface area (TPSA) is 36.4 Å². The molecule has 1 aromatic carbocycles. The highest BCUT2D eigenvalue weighted by molar-refractivity contribution is 7.16. The molecule has 2 aromatic rings. The van der Waals surface area contributed by atoms with E-state index in [0.717, 1.165) is 11.2 Å². The van der Waals surface area contributed by atoms with Gasteiger partial charge in [0.25, 0.3) is 0 Å². The summed E-state index contributed by atoms with van der Waals surface area (Å²) in [5.41, 5.74) is 4.01. The molecule has 0 amide bonds. The number of aliphatic hydroxyl groups is 1. The molecule has 1 N–H and O–H groups in total. The molecule has 1 aromatic heterocycles. The van der Waals surface area contributed by atoms with Gasteiger partial charge in [0.15, 0.2) is 0 Å². The Bertz CT molecular complexity index is 427. The highest BCUT2D eigenvalue weighted by Gasteiger charge is 2.02. The van der Waals surface area contributed by atoms with Gasteiger partial charge in [0.05, 0.1) is 22.3 Å². The first-order valence-corrected chi connectivity index (χ1v) is 5.34. The van der Waals surface area contributed by atoms with Crippen molar-refractivity contribution >= 4 is 27.2 Å². The second kappa shape index (κ2) is 3.94. The van der Waals surface area contributed by atoms with Crippen molar-refractivity contribution in [2.45, 2.75) is 0 Å². The predicted molar refractivity (Wildman–Crippen MR) is 60.0 cm³/mol. The lowest BCUT2D eigenvalue weighted by molar-refractivity contribution is 0.304. The van der Waals surface area contributed by atoms with Crippen LogP contribution < -0.4 is 4.90 Å². The summed E-state index contributed by atoms with van der Waals surface area (Å²) in [5, 5.41) is 8.82. The maximum atomic E-state index is 8.82. The average Bonchev–Trinajstić information content (AvgIpc) is 2.64. The summed E-state index contributed by atoms with van der Waals surface area (Å²) in [6.45, 7) is 0.835. The molecule has 0 aliphatic rings. The van der Waals surface area contributed by atoms with Gasteiger partial charge in [-0.2, -0.15) is 0 Å². The predicted octanol–water partition coefficient (Wildman–Crippen LogP) is 1.72. The maximum absolute atomic E-state index is 8.82. The van der Waals surface area contributed by atoms with E-state index in [4.69, 9.17) is 5.11 Å². The van der Waals surface area contributed by atoms with E-state index in [1.54, 1.807) is 11.3 Å². The van der Waals surface area contributed by atoms with E-state index < -0.39 is 0 Å². The Hall–Kier alpha value is -1.13. The molecule has 0 aliphatic carbocycles. The van der Waals surface area contributed by atoms with Crippen LogP contribution in [0.5, 0.6) is 0 Å². The number of anilines is 1. The molecule has 0 aliphatic heterocycles. The maximum Gasteiger partial charge on any atom is 0.0813 e. The van der Waals surface area contributed by atoms with Crippen LogP contribution in [0.1, 0.15) is 0 Å². The minimum Gasteiger partial charge on any atom is -0.395 e. The third-order valence-electron chi connectivity index (χ3n) is 2.19. The first kappa shape index (κ1) is 9.43. The number of nitrogens with zero attached hydrogens (tertiary/aromatic N) is 2. The third kappa shape index (κ3) is 1.71. The quantitative estimate of drug-likeness (QED) is 0.834. The van der Waals surface area contributed by atoms with Crippen molar-refractivity contribution in [3.63, 3.8) is 0 Å². The number of aromatic nitrogens is 1. The Morgan fingerprint density at radius 2 is 2.36 bits per heavy atom. The van der Waals surface area contributed by atoms with E-state index in [1.807, 2.05) is 29.6 Å². The number of hydrogen-bond acceptors (Lipinski definition) is 4. The van der Waals surface area contributed by atoms with Crippen molar-refractivity contribution in [1.29, 1.82) is 0 Å². The van der Waals surface area contributed by atoms with Gasteiger partial charge in [-0.25, -0.2) is 4.98 Å². The average molecular weight is 208 g/mol. The first-order valence-electron chi connectivity index (χ1n) is 4.46. The zero-order valence-electron chi connectivity index (χ0n) is 7.97. The van der Waals surface area contributed by atoms with Crippen LogP contribution in [-0.2, 0) is 0 Å². The van der Waals surface area contributed by atoms with Gasteiger partial charge < -0.3 is 10.0 Å². The number of thiazole rings is 1. The molecule has 74 valence electrons. The van der Waals surface area contributed by atoms with E-state index in [-0.39, 0.29) is 6.61 Å². The number of rotatable bonds is 3. The minimum atomic E-state index is 0.178. The van der Waals surface area contributed by atoms with Crippen LogP contribution in [0.2, 0.25) is 0 Å². The summed E-state index contributed by atoms with van der Waals surface area (Å²) in [6.07, 6.45) is 0. The van der Waals surface area contributed by atoms with Crippen LogP contribution in [0.25, 0.3) is 10.2 Å². The molecule has 0 unspecified atom stereocenters. The molecule has 0 bridgehead atoms. The lowest BCUT2D eigenvalue weighted by Gasteiger charge is -2.17. The van der Waals surface area contributed by atoms with Gasteiger partial charge in [0.1, 0.15) is 0 Å². The summed E-state index contributed by atoms with van der Waals surface area (Å²) in [6, 6.07) is 6.13. The van der Waals surface area contributed by atoms with Crippen LogP contribution in [-0.4, -0.2) is 30.3 Å². The van der Waals surface area contributed by atoms with E-state index in [9.17, 15) is 0 Å². The molecule has 0 saturated carbocycles. The monoisotopic (exact) mass is 208 g/mol. The van der Waals surface area contributed by atoms with Gasteiger partial charge in [-0.05, 0) is 18.2 Å². The lowest BCUT2D eigenvalue weighted by Crippen LogP contribution is -2.20. The van der Waals surface area contributed by atoms with Crippen molar-refractivity contribution in [3.05, 3.63) is 23.7 Å². The van der Waals surface area contributed by atoms with Crippen molar-refractivity contribution in [2.75, 3.05) is 25.1 Å². The fourth-order valence-corrected chi connectivity index (χ4v) is 2.07. The van der Waals surface area contributed by atoms with Crippen LogP contribution in [0.15, 0.2) is 23.7 Å². The summed E-state index contributed by atoms with van der Waals surface area (Å²) >= 11 is 1.64. The molecule has 1 heterocycles. The fourth-order valence-electron chi connectivity index (χ4n) is 1.36. The van der Waals surface area contributed by atoms with Gasteiger partial charge in [0, 0.05) is 19.3 Å². The summed E-state index contributed by atoms with van der Waals surface area (Å²) in [5.74, 6) is 0. The zero-order chi connectivity index (χ0) is 9.97. The number of fused-ring (bicyclic) bond motifs is 1. The first-order chi connectivity index (χ1) is 6.81. The summed E-state index contributed by atoms with van der Waals surface area (Å²) < 4.78 is 1.19. The number of benzene rings is 1. The molecule has 2 rings (SSSR count). The molecule has 4 heteroatoms.